The molecule has 3 nitrogen and oxygen atoms in total. The maximum Gasteiger partial charge on any atom is 0.0840 e. The van der Waals surface area contributed by atoms with E-state index in [1.807, 2.05) is 0 Å². The van der Waals surface area contributed by atoms with E-state index in [0.29, 0.717) is 6.61 Å². The average Bonchev–Trinajstić information content (AvgIpc) is 2.82. The highest BCUT2D eigenvalue weighted by Gasteiger charge is 2.41. The van der Waals surface area contributed by atoms with Crippen molar-refractivity contribution in [1.29, 1.82) is 0 Å². The lowest BCUT2D eigenvalue weighted by atomic mass is 9.89. The van der Waals surface area contributed by atoms with Gasteiger partial charge in [-0.3, -0.25) is 0 Å². The first-order chi connectivity index (χ1) is 9.26. The van der Waals surface area contributed by atoms with Crippen molar-refractivity contribution in [2.24, 2.45) is 0 Å². The molecule has 2 aliphatic heterocycles. The van der Waals surface area contributed by atoms with E-state index in [0.717, 1.165) is 39.0 Å². The molecule has 2 aliphatic rings. The molecule has 1 aromatic rings. The summed E-state index contributed by atoms with van der Waals surface area (Å²) in [5, 5.41) is 3.39. The zero-order chi connectivity index (χ0) is 13.1. The molecule has 3 rings (SSSR count). The quantitative estimate of drug-likeness (QED) is 0.906. The lowest BCUT2D eigenvalue weighted by molar-refractivity contribution is -0.0240. The van der Waals surface area contributed by atoms with Crippen molar-refractivity contribution < 1.29 is 9.47 Å². The molecule has 0 aromatic heterocycles. The Morgan fingerprint density at radius 1 is 1.26 bits per heavy atom. The molecule has 3 heteroatoms. The van der Waals surface area contributed by atoms with Crippen LogP contribution in [0.2, 0.25) is 0 Å². The summed E-state index contributed by atoms with van der Waals surface area (Å²) in [5.74, 6) is 0. The fourth-order valence-electron chi connectivity index (χ4n) is 3.04. The third kappa shape index (κ3) is 3.16. The lowest BCUT2D eigenvalue weighted by Crippen LogP contribution is -2.41. The van der Waals surface area contributed by atoms with Gasteiger partial charge in [0.05, 0.1) is 24.9 Å². The van der Waals surface area contributed by atoms with Crippen LogP contribution < -0.4 is 5.32 Å². The maximum atomic E-state index is 6.04. The number of ether oxygens (including phenoxy) is 2. The van der Waals surface area contributed by atoms with Crippen molar-refractivity contribution in [1.82, 2.24) is 5.32 Å². The van der Waals surface area contributed by atoms with Gasteiger partial charge in [0.2, 0.25) is 0 Å². The van der Waals surface area contributed by atoms with Gasteiger partial charge in [-0.1, -0.05) is 29.8 Å². The smallest absolute Gasteiger partial charge is 0.0840 e. The van der Waals surface area contributed by atoms with Gasteiger partial charge in [0.15, 0.2) is 0 Å². The van der Waals surface area contributed by atoms with Crippen molar-refractivity contribution in [3.8, 4) is 0 Å². The van der Waals surface area contributed by atoms with Crippen LogP contribution in [0.1, 0.15) is 30.4 Å². The summed E-state index contributed by atoms with van der Waals surface area (Å²) in [7, 11) is 0. The van der Waals surface area contributed by atoms with E-state index >= 15 is 0 Å². The molecule has 1 spiro atoms. The minimum atomic E-state index is 0.100. The van der Waals surface area contributed by atoms with E-state index in [4.69, 9.17) is 9.47 Å². The Bertz CT molecular complexity index is 409. The van der Waals surface area contributed by atoms with Crippen LogP contribution in [0.5, 0.6) is 0 Å². The summed E-state index contributed by atoms with van der Waals surface area (Å²) in [6.45, 7) is 5.71. The lowest BCUT2D eigenvalue weighted by Gasteiger charge is -2.32. The third-order valence-electron chi connectivity index (χ3n) is 4.30. The minimum absolute atomic E-state index is 0.100. The Kier molecular flexibility index (Phi) is 3.87. The Morgan fingerprint density at radius 3 is 2.74 bits per heavy atom. The van der Waals surface area contributed by atoms with Gasteiger partial charge >= 0.3 is 0 Å². The predicted octanol–water partition coefficient (Wildman–Crippen LogP) is 2.42. The molecule has 2 saturated heterocycles. The van der Waals surface area contributed by atoms with E-state index in [1.165, 1.54) is 11.1 Å². The van der Waals surface area contributed by atoms with E-state index in [2.05, 4.69) is 36.5 Å². The van der Waals surface area contributed by atoms with E-state index in [9.17, 15) is 0 Å². The number of nitrogens with one attached hydrogen (secondary N) is 1. The molecule has 0 amide bonds. The molecule has 1 aromatic carbocycles. The highest BCUT2D eigenvalue weighted by Crippen LogP contribution is 2.35. The van der Waals surface area contributed by atoms with Crippen LogP contribution in [0.3, 0.4) is 0 Å². The number of hydrogen-bond donors (Lipinski definition) is 1. The van der Waals surface area contributed by atoms with Crippen molar-refractivity contribution >= 4 is 0 Å². The Labute approximate surface area is 115 Å². The SMILES string of the molecule is Cc1ccc(COC2COC3(CCNCC3)C2)cc1. The van der Waals surface area contributed by atoms with E-state index in [1.54, 1.807) is 0 Å². The van der Waals surface area contributed by atoms with Crippen molar-refractivity contribution in [3.05, 3.63) is 35.4 Å². The second-order valence-corrected chi connectivity index (χ2v) is 5.87. The van der Waals surface area contributed by atoms with E-state index < -0.39 is 0 Å². The van der Waals surface area contributed by atoms with Crippen LogP contribution in [-0.4, -0.2) is 31.4 Å². The van der Waals surface area contributed by atoms with Gasteiger partial charge in [-0.25, -0.2) is 0 Å². The first-order valence-corrected chi connectivity index (χ1v) is 7.28. The van der Waals surface area contributed by atoms with Gasteiger partial charge in [-0.05, 0) is 38.4 Å². The van der Waals surface area contributed by atoms with Crippen LogP contribution in [0.25, 0.3) is 0 Å². The molecular formula is C16H23NO2. The summed E-state index contributed by atoms with van der Waals surface area (Å²) in [6, 6.07) is 8.56. The van der Waals surface area contributed by atoms with Crippen LogP contribution in [-0.2, 0) is 16.1 Å². The second-order valence-electron chi connectivity index (χ2n) is 5.87. The summed E-state index contributed by atoms with van der Waals surface area (Å²) >= 11 is 0. The van der Waals surface area contributed by atoms with Crippen molar-refractivity contribution in [2.45, 2.75) is 44.5 Å². The van der Waals surface area contributed by atoms with E-state index in [-0.39, 0.29) is 11.7 Å². The topological polar surface area (TPSA) is 30.5 Å². The Morgan fingerprint density at radius 2 is 2.00 bits per heavy atom. The molecule has 0 aliphatic carbocycles. The molecule has 2 fully saturated rings. The van der Waals surface area contributed by atoms with Crippen LogP contribution in [0.15, 0.2) is 24.3 Å². The molecule has 0 bridgehead atoms. The van der Waals surface area contributed by atoms with Crippen LogP contribution in [0.4, 0.5) is 0 Å². The maximum absolute atomic E-state index is 6.04. The average molecular weight is 261 g/mol. The number of aryl methyl sites for hydroxylation is 1. The number of rotatable bonds is 3. The second kappa shape index (κ2) is 5.61. The Hall–Kier alpha value is -0.900. The zero-order valence-corrected chi connectivity index (χ0v) is 11.7. The highest BCUT2D eigenvalue weighted by atomic mass is 16.6. The number of piperidine rings is 1. The van der Waals surface area contributed by atoms with Gasteiger partial charge < -0.3 is 14.8 Å². The molecule has 1 unspecified atom stereocenters. The Balaban J connectivity index is 1.50. The molecule has 1 atom stereocenters. The molecule has 0 saturated carbocycles. The first kappa shape index (κ1) is 13.1. The van der Waals surface area contributed by atoms with Crippen LogP contribution in [0, 0.1) is 6.92 Å². The summed E-state index contributed by atoms with van der Waals surface area (Å²) < 4.78 is 12.0. The van der Waals surface area contributed by atoms with Gasteiger partial charge in [-0.2, -0.15) is 0 Å². The van der Waals surface area contributed by atoms with Gasteiger partial charge in [0.25, 0.3) is 0 Å². The molecule has 19 heavy (non-hydrogen) atoms. The van der Waals surface area contributed by atoms with Gasteiger partial charge in [-0.15, -0.1) is 0 Å². The van der Waals surface area contributed by atoms with Crippen molar-refractivity contribution in [2.75, 3.05) is 19.7 Å². The number of hydrogen-bond acceptors (Lipinski definition) is 3. The zero-order valence-electron chi connectivity index (χ0n) is 11.7. The molecular weight excluding hydrogens is 238 g/mol. The largest absolute Gasteiger partial charge is 0.372 e. The molecule has 1 N–H and O–H groups in total. The fourth-order valence-corrected chi connectivity index (χ4v) is 3.04. The van der Waals surface area contributed by atoms with Gasteiger partial charge in [0, 0.05) is 6.42 Å². The normalized spacial score (nSPS) is 25.8. The van der Waals surface area contributed by atoms with Gasteiger partial charge in [0.1, 0.15) is 0 Å². The van der Waals surface area contributed by atoms with Crippen molar-refractivity contribution in [3.63, 3.8) is 0 Å². The standard InChI is InChI=1S/C16H23NO2/c1-13-2-4-14(5-3-13)11-18-15-10-16(19-12-15)6-8-17-9-7-16/h2-5,15,17H,6-12H2,1H3. The fraction of sp³-hybridized carbons (Fsp3) is 0.625. The summed E-state index contributed by atoms with van der Waals surface area (Å²) in [6.07, 6.45) is 3.56. The molecule has 2 heterocycles. The number of benzene rings is 1. The first-order valence-electron chi connectivity index (χ1n) is 7.28. The monoisotopic (exact) mass is 261 g/mol. The highest BCUT2D eigenvalue weighted by molar-refractivity contribution is 5.20. The predicted molar refractivity (Wildman–Crippen MR) is 75.2 cm³/mol. The third-order valence-corrected chi connectivity index (χ3v) is 4.30. The van der Waals surface area contributed by atoms with Crippen LogP contribution >= 0.6 is 0 Å². The summed E-state index contributed by atoms with van der Waals surface area (Å²) in [4.78, 5) is 0. The molecule has 104 valence electrons. The summed E-state index contributed by atoms with van der Waals surface area (Å²) in [5.41, 5.74) is 2.64. The minimum Gasteiger partial charge on any atom is -0.372 e. The molecule has 0 radical (unpaired) electrons.